The molecule has 0 fully saturated rings. The highest BCUT2D eigenvalue weighted by atomic mass is 16.3. The van der Waals surface area contributed by atoms with E-state index in [0.717, 1.165) is 12.2 Å². The minimum Gasteiger partial charge on any atom is -0.508 e. The number of rotatable bonds is 8. The number of nitrogens with zero attached hydrogens (tertiary/aromatic N) is 3. The van der Waals surface area contributed by atoms with Crippen LogP contribution in [-0.4, -0.2) is 43.7 Å². The van der Waals surface area contributed by atoms with E-state index in [2.05, 4.69) is 4.98 Å². The molecule has 2 aromatic rings. The van der Waals surface area contributed by atoms with E-state index in [1.165, 1.54) is 6.07 Å². The van der Waals surface area contributed by atoms with Gasteiger partial charge in [0.25, 0.3) is 0 Å². The Balaban J connectivity index is 1.93. The summed E-state index contributed by atoms with van der Waals surface area (Å²) in [7, 11) is 0. The minimum absolute atomic E-state index is 0.00699. The number of aromatic nitrogens is 2. The molecule has 0 saturated carbocycles. The molecule has 0 bridgehead atoms. The molecule has 2 rings (SSSR count). The van der Waals surface area contributed by atoms with Crippen molar-refractivity contribution in [3.8, 4) is 5.75 Å². The topological polar surface area (TPSA) is 78.6 Å². The van der Waals surface area contributed by atoms with Crippen molar-refractivity contribution in [3.05, 3.63) is 48.0 Å². The van der Waals surface area contributed by atoms with Crippen LogP contribution in [0.25, 0.3) is 0 Å². The molecule has 6 nitrogen and oxygen atoms in total. The number of phenols is 1. The standard InChI is InChI=1S/C18H25N3O3/c1-3-17-19-9-11-21(17)10-8-18(24)20(4-2)13-16(23)14-6-5-7-15(22)12-14/h5-7,9,11-12,16,22-23H,3-4,8,10,13H2,1-2H3. The molecule has 1 unspecified atom stereocenters. The van der Waals surface area contributed by atoms with Crippen molar-refractivity contribution in [2.24, 2.45) is 0 Å². The van der Waals surface area contributed by atoms with E-state index in [-0.39, 0.29) is 18.2 Å². The van der Waals surface area contributed by atoms with Gasteiger partial charge in [-0.1, -0.05) is 19.1 Å². The van der Waals surface area contributed by atoms with Crippen molar-refractivity contribution < 1.29 is 15.0 Å². The third-order valence-corrected chi connectivity index (χ3v) is 4.07. The van der Waals surface area contributed by atoms with Gasteiger partial charge in [0.1, 0.15) is 11.6 Å². The number of benzene rings is 1. The third-order valence-electron chi connectivity index (χ3n) is 4.07. The lowest BCUT2D eigenvalue weighted by atomic mass is 10.1. The molecule has 1 atom stereocenters. The molecule has 0 saturated heterocycles. The zero-order chi connectivity index (χ0) is 17.5. The Hall–Kier alpha value is -2.34. The Labute approximate surface area is 142 Å². The predicted molar refractivity (Wildman–Crippen MR) is 91.5 cm³/mol. The SMILES string of the molecule is CCc1nccn1CCC(=O)N(CC)CC(O)c1cccc(O)c1. The van der Waals surface area contributed by atoms with Gasteiger partial charge in [0, 0.05) is 38.3 Å². The predicted octanol–water partition coefficient (Wildman–Crippen LogP) is 2.12. The number of hydrogen-bond acceptors (Lipinski definition) is 4. The van der Waals surface area contributed by atoms with Gasteiger partial charge in [0.15, 0.2) is 0 Å². The van der Waals surface area contributed by atoms with Gasteiger partial charge in [-0.3, -0.25) is 4.79 Å². The Bertz CT molecular complexity index is 669. The van der Waals surface area contributed by atoms with Crippen LogP contribution in [0, 0.1) is 0 Å². The second kappa shape index (κ2) is 8.49. The average Bonchev–Trinajstić information content (AvgIpc) is 3.04. The fourth-order valence-electron chi connectivity index (χ4n) is 2.69. The molecule has 0 aliphatic carbocycles. The number of aliphatic hydroxyl groups excluding tert-OH is 1. The number of imidazole rings is 1. The van der Waals surface area contributed by atoms with E-state index in [0.29, 0.717) is 25.1 Å². The highest BCUT2D eigenvalue weighted by molar-refractivity contribution is 5.76. The van der Waals surface area contributed by atoms with Crippen LogP contribution < -0.4 is 0 Å². The fraction of sp³-hybridized carbons (Fsp3) is 0.444. The maximum Gasteiger partial charge on any atom is 0.224 e. The Morgan fingerprint density at radius 1 is 1.38 bits per heavy atom. The van der Waals surface area contributed by atoms with Gasteiger partial charge < -0.3 is 19.7 Å². The Morgan fingerprint density at radius 3 is 2.83 bits per heavy atom. The van der Waals surface area contributed by atoms with Gasteiger partial charge in [0.2, 0.25) is 5.91 Å². The lowest BCUT2D eigenvalue weighted by Crippen LogP contribution is -2.35. The zero-order valence-electron chi connectivity index (χ0n) is 14.2. The highest BCUT2D eigenvalue weighted by Gasteiger charge is 2.18. The molecule has 1 aromatic carbocycles. The van der Waals surface area contributed by atoms with Crippen molar-refractivity contribution >= 4 is 5.91 Å². The average molecular weight is 331 g/mol. The van der Waals surface area contributed by atoms with E-state index in [1.54, 1.807) is 29.3 Å². The second-order valence-electron chi connectivity index (χ2n) is 5.68. The van der Waals surface area contributed by atoms with Gasteiger partial charge in [-0.25, -0.2) is 4.98 Å². The van der Waals surface area contributed by atoms with Crippen molar-refractivity contribution in [1.82, 2.24) is 14.5 Å². The first-order valence-electron chi connectivity index (χ1n) is 8.29. The molecule has 24 heavy (non-hydrogen) atoms. The number of carbonyl (C=O) groups excluding carboxylic acids is 1. The Kier molecular flexibility index (Phi) is 6.37. The monoisotopic (exact) mass is 331 g/mol. The summed E-state index contributed by atoms with van der Waals surface area (Å²) in [6.45, 7) is 5.25. The van der Waals surface area contributed by atoms with Crippen LogP contribution in [0.3, 0.4) is 0 Å². The smallest absolute Gasteiger partial charge is 0.224 e. The number of aliphatic hydroxyl groups is 1. The molecular weight excluding hydrogens is 306 g/mol. The summed E-state index contributed by atoms with van der Waals surface area (Å²) in [6, 6.07) is 6.48. The second-order valence-corrected chi connectivity index (χ2v) is 5.68. The maximum atomic E-state index is 12.4. The number of phenolic OH excluding ortho intramolecular Hbond substituents is 1. The molecule has 130 valence electrons. The lowest BCUT2D eigenvalue weighted by Gasteiger charge is -2.24. The van der Waals surface area contributed by atoms with Crippen molar-refractivity contribution in [1.29, 1.82) is 0 Å². The maximum absolute atomic E-state index is 12.4. The fourth-order valence-corrected chi connectivity index (χ4v) is 2.69. The lowest BCUT2D eigenvalue weighted by molar-refractivity contribution is -0.132. The molecule has 0 aliphatic heterocycles. The third kappa shape index (κ3) is 4.58. The largest absolute Gasteiger partial charge is 0.508 e. The molecule has 0 spiro atoms. The van der Waals surface area contributed by atoms with Crippen molar-refractivity contribution in [3.63, 3.8) is 0 Å². The zero-order valence-corrected chi connectivity index (χ0v) is 14.2. The molecule has 1 aromatic heterocycles. The quantitative estimate of drug-likeness (QED) is 0.777. The number of carbonyl (C=O) groups is 1. The Morgan fingerprint density at radius 2 is 2.17 bits per heavy atom. The molecule has 0 radical (unpaired) electrons. The van der Waals surface area contributed by atoms with Gasteiger partial charge in [-0.15, -0.1) is 0 Å². The molecule has 6 heteroatoms. The van der Waals surface area contributed by atoms with Crippen LogP contribution in [0.4, 0.5) is 0 Å². The summed E-state index contributed by atoms with van der Waals surface area (Å²) >= 11 is 0. The van der Waals surface area contributed by atoms with Crippen LogP contribution >= 0.6 is 0 Å². The minimum atomic E-state index is -0.819. The summed E-state index contributed by atoms with van der Waals surface area (Å²) in [6.07, 6.45) is 4.00. The van der Waals surface area contributed by atoms with Gasteiger partial charge in [-0.05, 0) is 24.6 Å². The van der Waals surface area contributed by atoms with Gasteiger partial charge in [0.05, 0.1) is 12.6 Å². The summed E-state index contributed by atoms with van der Waals surface area (Å²) in [5.41, 5.74) is 0.601. The highest BCUT2D eigenvalue weighted by Crippen LogP contribution is 2.19. The molecule has 2 N–H and O–H groups in total. The number of aromatic hydroxyl groups is 1. The van der Waals surface area contributed by atoms with Crippen LogP contribution in [0.2, 0.25) is 0 Å². The molecule has 0 aliphatic rings. The van der Waals surface area contributed by atoms with Gasteiger partial charge >= 0.3 is 0 Å². The molecular formula is C18H25N3O3. The molecule has 1 amide bonds. The number of hydrogen-bond donors (Lipinski definition) is 2. The normalized spacial score (nSPS) is 12.1. The number of likely N-dealkylation sites (N-methyl/N-ethyl adjacent to an activating group) is 1. The number of aryl methyl sites for hydroxylation is 2. The first-order chi connectivity index (χ1) is 11.5. The van der Waals surface area contributed by atoms with E-state index >= 15 is 0 Å². The van der Waals surface area contributed by atoms with Crippen molar-refractivity contribution in [2.45, 2.75) is 39.3 Å². The van der Waals surface area contributed by atoms with Crippen LogP contribution in [0.1, 0.15) is 37.8 Å². The first-order valence-corrected chi connectivity index (χ1v) is 8.29. The van der Waals surface area contributed by atoms with Crippen LogP contribution in [0.5, 0.6) is 5.75 Å². The van der Waals surface area contributed by atoms with E-state index in [4.69, 9.17) is 0 Å². The first kappa shape index (κ1) is 18.0. The number of amides is 1. The van der Waals surface area contributed by atoms with E-state index < -0.39 is 6.10 Å². The van der Waals surface area contributed by atoms with Crippen molar-refractivity contribution in [2.75, 3.05) is 13.1 Å². The summed E-state index contributed by atoms with van der Waals surface area (Å²) in [5.74, 6) is 1.06. The summed E-state index contributed by atoms with van der Waals surface area (Å²) in [5, 5.41) is 19.8. The summed E-state index contributed by atoms with van der Waals surface area (Å²) < 4.78 is 1.98. The summed E-state index contributed by atoms with van der Waals surface area (Å²) in [4.78, 5) is 18.3. The van der Waals surface area contributed by atoms with E-state index in [9.17, 15) is 15.0 Å². The molecule has 1 heterocycles. The van der Waals surface area contributed by atoms with E-state index in [1.807, 2.05) is 24.6 Å². The van der Waals surface area contributed by atoms with Crippen LogP contribution in [-0.2, 0) is 17.8 Å². The van der Waals surface area contributed by atoms with Crippen LogP contribution in [0.15, 0.2) is 36.7 Å². The van der Waals surface area contributed by atoms with Gasteiger partial charge in [-0.2, -0.15) is 0 Å².